The first-order valence-electron chi connectivity index (χ1n) is 13.7. The minimum absolute atomic E-state index is 0.0799. The van der Waals surface area contributed by atoms with E-state index in [2.05, 4.69) is 49.4 Å². The monoisotopic (exact) mass is 494 g/mol. The van der Waals surface area contributed by atoms with Crippen molar-refractivity contribution in [3.8, 4) is 0 Å². The minimum Gasteiger partial charge on any atom is -0.347 e. The van der Waals surface area contributed by atoms with Crippen molar-refractivity contribution < 1.29 is 18.9 Å². The van der Waals surface area contributed by atoms with Gasteiger partial charge in [-0.05, 0) is 61.8 Å². The van der Waals surface area contributed by atoms with E-state index in [-0.39, 0.29) is 22.4 Å². The van der Waals surface area contributed by atoms with E-state index in [0.717, 1.165) is 70.7 Å². The summed E-state index contributed by atoms with van der Waals surface area (Å²) in [5.74, 6) is 1.64. The summed E-state index contributed by atoms with van der Waals surface area (Å²) in [5, 5.41) is 0. The van der Waals surface area contributed by atoms with Crippen molar-refractivity contribution in [2.24, 2.45) is 22.7 Å². The Kier molecular flexibility index (Phi) is 5.57. The van der Waals surface area contributed by atoms with Crippen molar-refractivity contribution in [2.75, 3.05) is 32.2 Å². The summed E-state index contributed by atoms with van der Waals surface area (Å²) in [7, 11) is 0. The van der Waals surface area contributed by atoms with Gasteiger partial charge in [-0.25, -0.2) is 0 Å². The summed E-state index contributed by atoms with van der Waals surface area (Å²) in [6.07, 6.45) is 14.0. The predicted octanol–water partition coefficient (Wildman–Crippen LogP) is 6.52. The highest BCUT2D eigenvalue weighted by Crippen LogP contribution is 2.68. The number of benzene rings is 1. The molecule has 188 valence electrons. The molecular formula is C30H38O4S. The first-order valence-corrected chi connectivity index (χ1v) is 14.7. The third kappa shape index (κ3) is 3.41. The van der Waals surface area contributed by atoms with Crippen LogP contribution in [0.25, 0.3) is 0 Å². The van der Waals surface area contributed by atoms with Crippen LogP contribution in [0.4, 0.5) is 0 Å². The number of rotatable bonds is 4. The maximum Gasteiger partial charge on any atom is 0.174 e. The molecule has 2 aliphatic heterocycles. The van der Waals surface area contributed by atoms with Gasteiger partial charge in [0.05, 0.1) is 26.4 Å². The molecule has 2 saturated heterocycles. The molecule has 4 fully saturated rings. The van der Waals surface area contributed by atoms with Crippen LogP contribution in [0.5, 0.6) is 0 Å². The Balaban J connectivity index is 1.22. The van der Waals surface area contributed by atoms with Crippen LogP contribution in [-0.2, 0) is 18.9 Å². The van der Waals surface area contributed by atoms with Crippen LogP contribution in [0.15, 0.2) is 58.5 Å². The molecule has 6 aliphatic rings. The van der Waals surface area contributed by atoms with Gasteiger partial charge in [0.2, 0.25) is 0 Å². The summed E-state index contributed by atoms with van der Waals surface area (Å²) < 4.78 is 25.1. The van der Waals surface area contributed by atoms with E-state index >= 15 is 0 Å². The summed E-state index contributed by atoms with van der Waals surface area (Å²) in [4.78, 5) is 1.37. The van der Waals surface area contributed by atoms with Crippen LogP contribution in [0.1, 0.15) is 58.3 Å². The molecule has 0 radical (unpaired) electrons. The number of allylic oxidation sites excluding steroid dienone is 3. The highest BCUT2D eigenvalue weighted by atomic mass is 32.2. The molecule has 0 aromatic heterocycles. The maximum atomic E-state index is 6.36. The molecule has 0 unspecified atom stereocenters. The van der Waals surface area contributed by atoms with Crippen LogP contribution >= 0.6 is 11.8 Å². The molecule has 4 atom stereocenters. The molecule has 0 amide bonds. The number of hydrogen-bond acceptors (Lipinski definition) is 5. The molecule has 1 aromatic rings. The van der Waals surface area contributed by atoms with Gasteiger partial charge in [-0.1, -0.05) is 48.4 Å². The third-order valence-electron chi connectivity index (χ3n) is 10.4. The van der Waals surface area contributed by atoms with Crippen LogP contribution in [0.3, 0.4) is 0 Å². The van der Waals surface area contributed by atoms with Crippen molar-refractivity contribution in [3.63, 3.8) is 0 Å². The Morgan fingerprint density at radius 1 is 0.914 bits per heavy atom. The van der Waals surface area contributed by atoms with Crippen molar-refractivity contribution in [2.45, 2.75) is 74.8 Å². The molecule has 0 N–H and O–H groups in total. The Bertz CT molecular complexity index is 1020. The van der Waals surface area contributed by atoms with E-state index in [1.807, 2.05) is 11.8 Å². The van der Waals surface area contributed by atoms with Crippen LogP contribution in [0.2, 0.25) is 0 Å². The zero-order chi connectivity index (χ0) is 23.6. The first-order chi connectivity index (χ1) is 17.1. The molecular weight excluding hydrogens is 456 g/mol. The lowest BCUT2D eigenvalue weighted by molar-refractivity contribution is -0.228. The number of fused-ring (bicyclic) bond motifs is 6. The molecule has 4 nitrogen and oxygen atoms in total. The zero-order valence-electron chi connectivity index (χ0n) is 20.9. The van der Waals surface area contributed by atoms with Gasteiger partial charge in [0, 0.05) is 35.0 Å². The largest absolute Gasteiger partial charge is 0.347 e. The lowest BCUT2D eigenvalue weighted by Crippen LogP contribution is -2.52. The van der Waals surface area contributed by atoms with Gasteiger partial charge < -0.3 is 18.9 Å². The van der Waals surface area contributed by atoms with Crippen molar-refractivity contribution >= 4 is 11.8 Å². The second kappa shape index (κ2) is 8.46. The van der Waals surface area contributed by atoms with E-state index in [1.165, 1.54) is 17.7 Å². The molecule has 0 bridgehead atoms. The van der Waals surface area contributed by atoms with Gasteiger partial charge in [0.15, 0.2) is 11.6 Å². The first kappa shape index (κ1) is 23.0. The number of hydrogen-bond donors (Lipinski definition) is 0. The molecule has 2 saturated carbocycles. The topological polar surface area (TPSA) is 36.9 Å². The zero-order valence-corrected chi connectivity index (χ0v) is 21.7. The molecule has 7 rings (SSSR count). The number of thioether (sulfide) groups is 1. The fourth-order valence-corrected chi connectivity index (χ4v) is 9.69. The summed E-state index contributed by atoms with van der Waals surface area (Å²) in [5.41, 5.74) is 3.55. The lowest BCUT2D eigenvalue weighted by Gasteiger charge is -2.56. The van der Waals surface area contributed by atoms with Crippen molar-refractivity contribution in [3.05, 3.63) is 53.6 Å². The Morgan fingerprint density at radius 2 is 1.69 bits per heavy atom. The van der Waals surface area contributed by atoms with Crippen LogP contribution in [0, 0.1) is 22.7 Å². The average molecular weight is 495 g/mol. The Labute approximate surface area is 213 Å². The van der Waals surface area contributed by atoms with Crippen molar-refractivity contribution in [1.82, 2.24) is 0 Å². The highest BCUT2D eigenvalue weighted by Gasteiger charge is 2.65. The number of ether oxygens (including phenoxy) is 4. The van der Waals surface area contributed by atoms with E-state index in [9.17, 15) is 0 Å². The molecule has 5 heteroatoms. The van der Waals surface area contributed by atoms with Crippen molar-refractivity contribution in [1.29, 1.82) is 0 Å². The maximum absolute atomic E-state index is 6.36. The smallest absolute Gasteiger partial charge is 0.174 e. The van der Waals surface area contributed by atoms with Gasteiger partial charge in [-0.2, -0.15) is 0 Å². The third-order valence-corrected chi connectivity index (χ3v) is 11.4. The minimum atomic E-state index is -0.374. The second-order valence-corrected chi connectivity index (χ2v) is 12.9. The summed E-state index contributed by atoms with van der Waals surface area (Å²) in [6, 6.07) is 10.9. The predicted molar refractivity (Wildman–Crippen MR) is 137 cm³/mol. The second-order valence-electron chi connectivity index (χ2n) is 11.7. The van der Waals surface area contributed by atoms with E-state index in [4.69, 9.17) is 18.9 Å². The SMILES string of the molecule is C[C@]12CC=C3[C@@H](CC=C4CC5(CC[C@@]43CCSc3ccccc3)OCCO5)[C@@H]1CCC21OCCO1. The summed E-state index contributed by atoms with van der Waals surface area (Å²) >= 11 is 2.00. The standard InChI is InChI=1S/C30H38O4S/c1-27-11-9-26-24(25(27)10-12-30(27)33-18-19-34-30)8-7-22-21-29(31-16-17-32-29)14-13-28(22,26)15-20-35-23-5-3-2-4-6-23/h2-7,9,24-25H,8,10-21H2,1H3/t24-,25-,27-,28+/m0/s1. The Hall–Kier alpha value is -1.11. The molecule has 4 aliphatic carbocycles. The van der Waals surface area contributed by atoms with Gasteiger partial charge >= 0.3 is 0 Å². The highest BCUT2D eigenvalue weighted by molar-refractivity contribution is 7.99. The fraction of sp³-hybridized carbons (Fsp3) is 0.667. The van der Waals surface area contributed by atoms with Gasteiger partial charge in [-0.3, -0.25) is 0 Å². The van der Waals surface area contributed by atoms with Gasteiger partial charge in [-0.15, -0.1) is 11.8 Å². The van der Waals surface area contributed by atoms with E-state index < -0.39 is 0 Å². The van der Waals surface area contributed by atoms with E-state index in [0.29, 0.717) is 11.8 Å². The fourth-order valence-electron chi connectivity index (χ4n) is 8.66. The quantitative estimate of drug-likeness (QED) is 0.352. The van der Waals surface area contributed by atoms with Gasteiger partial charge in [0.25, 0.3) is 0 Å². The van der Waals surface area contributed by atoms with E-state index in [1.54, 1.807) is 11.1 Å². The lowest BCUT2D eigenvalue weighted by atomic mass is 9.50. The van der Waals surface area contributed by atoms with Crippen LogP contribution in [-0.4, -0.2) is 43.8 Å². The molecule has 2 spiro atoms. The molecule has 1 aromatic carbocycles. The van der Waals surface area contributed by atoms with Crippen LogP contribution < -0.4 is 0 Å². The normalized spacial score (nSPS) is 38.7. The molecule has 35 heavy (non-hydrogen) atoms. The molecule has 2 heterocycles. The average Bonchev–Trinajstić information content (AvgIpc) is 3.61. The Morgan fingerprint density at radius 3 is 2.49 bits per heavy atom. The van der Waals surface area contributed by atoms with Gasteiger partial charge in [0.1, 0.15) is 0 Å². The summed E-state index contributed by atoms with van der Waals surface area (Å²) in [6.45, 7) is 5.42.